The highest BCUT2D eigenvalue weighted by atomic mass is 79.9. The van der Waals surface area contributed by atoms with Crippen LogP contribution in [0.3, 0.4) is 0 Å². The van der Waals surface area contributed by atoms with Gasteiger partial charge in [0.15, 0.2) is 0 Å². The maximum absolute atomic E-state index is 12.3. The number of aromatic nitrogens is 1. The molecule has 3 nitrogen and oxygen atoms in total. The van der Waals surface area contributed by atoms with Crippen LogP contribution < -0.4 is 5.73 Å². The molecule has 0 bridgehead atoms. The lowest BCUT2D eigenvalue weighted by Crippen LogP contribution is -2.01. The first-order valence-electron chi connectivity index (χ1n) is 3.39. The predicted molar refractivity (Wildman–Crippen MR) is 47.2 cm³/mol. The second kappa shape index (κ2) is 3.97. The maximum atomic E-state index is 12.3. The Morgan fingerprint density at radius 1 is 1.62 bits per heavy atom. The summed E-state index contributed by atoms with van der Waals surface area (Å²) in [7, 11) is 0. The zero-order chi connectivity index (χ0) is 10.0. The van der Waals surface area contributed by atoms with Crippen LogP contribution in [0.4, 0.5) is 14.5 Å². The van der Waals surface area contributed by atoms with Gasteiger partial charge in [-0.1, -0.05) is 0 Å². The number of anilines is 1. The van der Waals surface area contributed by atoms with Crippen molar-refractivity contribution in [3.05, 3.63) is 21.9 Å². The van der Waals surface area contributed by atoms with Crippen LogP contribution in [0.25, 0.3) is 0 Å². The molecule has 0 amide bonds. The number of alkyl halides is 2. The number of nitrogen functional groups attached to an aromatic ring is 1. The van der Waals surface area contributed by atoms with E-state index in [1.165, 1.54) is 0 Å². The summed E-state index contributed by atoms with van der Waals surface area (Å²) in [6, 6.07) is 0. The number of halogens is 3. The molecule has 3 N–H and O–H groups in total. The summed E-state index contributed by atoms with van der Waals surface area (Å²) < 4.78 is 24.6. The van der Waals surface area contributed by atoms with Crippen LogP contribution in [0.1, 0.15) is 17.7 Å². The smallest absolute Gasteiger partial charge is 0.281 e. The molecule has 1 aromatic heterocycles. The second-order valence-corrected chi connectivity index (χ2v) is 3.14. The third-order valence-corrected chi connectivity index (χ3v) is 2.43. The van der Waals surface area contributed by atoms with E-state index in [1.54, 1.807) is 0 Å². The van der Waals surface area contributed by atoms with Crippen molar-refractivity contribution in [1.82, 2.24) is 4.98 Å². The van der Waals surface area contributed by atoms with Crippen molar-refractivity contribution in [2.45, 2.75) is 13.0 Å². The lowest BCUT2D eigenvalue weighted by atomic mass is 10.2. The number of hydrogen-bond donors (Lipinski definition) is 2. The number of aliphatic hydroxyl groups excluding tert-OH is 1. The van der Waals surface area contributed by atoms with E-state index >= 15 is 0 Å². The molecule has 1 aromatic rings. The van der Waals surface area contributed by atoms with Crippen LogP contribution in [0.15, 0.2) is 10.7 Å². The van der Waals surface area contributed by atoms with Crippen molar-refractivity contribution in [2.75, 3.05) is 5.73 Å². The van der Waals surface area contributed by atoms with E-state index < -0.39 is 18.7 Å². The fourth-order valence-electron chi connectivity index (χ4n) is 0.868. The van der Waals surface area contributed by atoms with Gasteiger partial charge in [-0.25, -0.2) is 8.78 Å². The Balaban J connectivity index is 3.27. The van der Waals surface area contributed by atoms with E-state index in [9.17, 15) is 8.78 Å². The van der Waals surface area contributed by atoms with Gasteiger partial charge in [-0.05, 0) is 15.9 Å². The summed E-state index contributed by atoms with van der Waals surface area (Å²) in [5.41, 5.74) is 5.43. The highest BCUT2D eigenvalue weighted by molar-refractivity contribution is 9.10. The monoisotopic (exact) mass is 252 g/mol. The highest BCUT2D eigenvalue weighted by Gasteiger charge is 2.17. The quantitative estimate of drug-likeness (QED) is 0.845. The van der Waals surface area contributed by atoms with Crippen molar-refractivity contribution in [3.8, 4) is 0 Å². The van der Waals surface area contributed by atoms with Gasteiger partial charge < -0.3 is 10.8 Å². The first-order valence-corrected chi connectivity index (χ1v) is 4.19. The van der Waals surface area contributed by atoms with Gasteiger partial charge in [-0.2, -0.15) is 0 Å². The highest BCUT2D eigenvalue weighted by Crippen LogP contribution is 2.30. The zero-order valence-corrected chi connectivity index (χ0v) is 8.05. The summed E-state index contributed by atoms with van der Waals surface area (Å²) in [5, 5.41) is 8.82. The minimum Gasteiger partial charge on any atom is -0.397 e. The molecule has 13 heavy (non-hydrogen) atoms. The largest absolute Gasteiger partial charge is 0.397 e. The van der Waals surface area contributed by atoms with Crippen LogP contribution in [0.2, 0.25) is 0 Å². The standard InChI is InChI=1S/C7H7BrF2N2O/c8-5-3(2-13)4(11)1-12-6(5)7(9)10/h1,7,13H,2,11H2. The molecule has 0 aromatic carbocycles. The second-order valence-electron chi connectivity index (χ2n) is 2.35. The molecular formula is C7H7BrF2N2O. The van der Waals surface area contributed by atoms with E-state index in [4.69, 9.17) is 10.8 Å². The fraction of sp³-hybridized carbons (Fsp3) is 0.286. The molecule has 6 heteroatoms. The van der Waals surface area contributed by atoms with E-state index in [0.717, 1.165) is 6.20 Å². The molecule has 0 saturated carbocycles. The first kappa shape index (κ1) is 10.3. The van der Waals surface area contributed by atoms with E-state index in [-0.39, 0.29) is 15.7 Å². The molecule has 0 atom stereocenters. The predicted octanol–water partition coefficient (Wildman–Crippen LogP) is 1.86. The van der Waals surface area contributed by atoms with Gasteiger partial charge in [0, 0.05) is 5.56 Å². The minimum atomic E-state index is -2.68. The molecular weight excluding hydrogens is 246 g/mol. The molecule has 1 heterocycles. The third-order valence-electron chi connectivity index (χ3n) is 1.55. The summed E-state index contributed by atoms with van der Waals surface area (Å²) in [5.74, 6) is 0. The molecule has 0 radical (unpaired) electrons. The van der Waals surface area contributed by atoms with Crippen LogP contribution in [0, 0.1) is 0 Å². The average Bonchev–Trinajstić information content (AvgIpc) is 2.04. The van der Waals surface area contributed by atoms with Gasteiger partial charge in [-0.15, -0.1) is 0 Å². The molecule has 0 aliphatic heterocycles. The number of rotatable bonds is 2. The van der Waals surface area contributed by atoms with E-state index in [2.05, 4.69) is 20.9 Å². The summed E-state index contributed by atoms with van der Waals surface area (Å²) in [6.45, 7) is -0.394. The fourth-order valence-corrected chi connectivity index (χ4v) is 1.50. The van der Waals surface area contributed by atoms with Gasteiger partial charge in [0.05, 0.1) is 23.0 Å². The Morgan fingerprint density at radius 3 is 2.69 bits per heavy atom. The Morgan fingerprint density at radius 2 is 2.23 bits per heavy atom. The van der Waals surface area contributed by atoms with Crippen LogP contribution in [-0.2, 0) is 6.61 Å². The van der Waals surface area contributed by atoms with Gasteiger partial charge in [-0.3, -0.25) is 4.98 Å². The van der Waals surface area contributed by atoms with Gasteiger partial charge >= 0.3 is 0 Å². The third kappa shape index (κ3) is 1.94. The van der Waals surface area contributed by atoms with Gasteiger partial charge in [0.25, 0.3) is 6.43 Å². The SMILES string of the molecule is Nc1cnc(C(F)F)c(Br)c1CO. The number of nitrogens with zero attached hydrogens (tertiary/aromatic N) is 1. The Hall–Kier alpha value is -0.750. The Bertz CT molecular complexity index is 320. The normalized spacial score (nSPS) is 10.8. The van der Waals surface area contributed by atoms with Crippen molar-refractivity contribution in [2.24, 2.45) is 0 Å². The van der Waals surface area contributed by atoms with Crippen molar-refractivity contribution in [3.63, 3.8) is 0 Å². The van der Waals surface area contributed by atoms with Crippen LogP contribution >= 0.6 is 15.9 Å². The molecule has 0 aliphatic carbocycles. The lowest BCUT2D eigenvalue weighted by molar-refractivity contribution is 0.144. The summed E-state index contributed by atoms with van der Waals surface area (Å²) >= 11 is 2.91. The maximum Gasteiger partial charge on any atom is 0.281 e. The molecule has 0 saturated heterocycles. The molecule has 72 valence electrons. The van der Waals surface area contributed by atoms with E-state index in [1.807, 2.05) is 0 Å². The molecule has 0 fully saturated rings. The number of nitrogens with two attached hydrogens (primary N) is 1. The molecule has 0 aliphatic rings. The zero-order valence-electron chi connectivity index (χ0n) is 6.47. The Kier molecular flexibility index (Phi) is 3.16. The molecule has 1 rings (SSSR count). The summed E-state index contributed by atoms with van der Waals surface area (Å²) in [4.78, 5) is 3.45. The average molecular weight is 253 g/mol. The van der Waals surface area contributed by atoms with Crippen molar-refractivity contribution < 1.29 is 13.9 Å². The Labute approximate surface area is 81.7 Å². The molecule has 0 spiro atoms. The summed E-state index contributed by atoms with van der Waals surface area (Å²) in [6.07, 6.45) is -1.57. The number of aliphatic hydroxyl groups is 1. The number of pyridine rings is 1. The topological polar surface area (TPSA) is 59.1 Å². The van der Waals surface area contributed by atoms with E-state index in [0.29, 0.717) is 0 Å². The van der Waals surface area contributed by atoms with Crippen LogP contribution in [0.5, 0.6) is 0 Å². The molecule has 0 unspecified atom stereocenters. The van der Waals surface area contributed by atoms with Crippen LogP contribution in [-0.4, -0.2) is 10.1 Å². The lowest BCUT2D eigenvalue weighted by Gasteiger charge is -2.08. The van der Waals surface area contributed by atoms with Crippen molar-refractivity contribution >= 4 is 21.6 Å². The minimum absolute atomic E-state index is 0.0741. The van der Waals surface area contributed by atoms with Gasteiger partial charge in [0.1, 0.15) is 5.69 Å². The van der Waals surface area contributed by atoms with Crippen molar-refractivity contribution in [1.29, 1.82) is 0 Å². The number of hydrogen-bond acceptors (Lipinski definition) is 3. The van der Waals surface area contributed by atoms with Gasteiger partial charge in [0.2, 0.25) is 0 Å². The first-order chi connectivity index (χ1) is 6.07.